The molecule has 9 heteroatoms. The molecule has 178 valence electrons. The highest BCUT2D eigenvalue weighted by Crippen LogP contribution is 2.23. The van der Waals surface area contributed by atoms with Crippen LogP contribution in [-0.4, -0.2) is 44.6 Å². The number of ether oxygens (including phenoxy) is 1. The van der Waals surface area contributed by atoms with E-state index in [1.165, 1.54) is 50.4 Å². The molecule has 2 aromatic carbocycles. The second kappa shape index (κ2) is 9.64. The van der Waals surface area contributed by atoms with Gasteiger partial charge in [0.15, 0.2) is 12.4 Å². The number of anilines is 1. The van der Waals surface area contributed by atoms with Gasteiger partial charge < -0.3 is 9.72 Å². The number of benzene rings is 2. The lowest BCUT2D eigenvalue weighted by molar-refractivity contribution is 0.0473. The highest BCUT2D eigenvalue weighted by Gasteiger charge is 2.23. The van der Waals surface area contributed by atoms with Crippen molar-refractivity contribution in [3.63, 3.8) is 0 Å². The number of ketones is 2. The van der Waals surface area contributed by atoms with Crippen LogP contribution >= 0.6 is 0 Å². The highest BCUT2D eigenvalue weighted by atomic mass is 32.2. The number of Topliss-reactive ketones (excluding diaryl/α,β-unsaturated/α-hetero) is 2. The summed E-state index contributed by atoms with van der Waals surface area (Å²) < 4.78 is 31.9. The minimum atomic E-state index is -3.76. The first-order valence-corrected chi connectivity index (χ1v) is 11.9. The summed E-state index contributed by atoms with van der Waals surface area (Å²) >= 11 is 0. The van der Waals surface area contributed by atoms with Crippen LogP contribution in [0.4, 0.5) is 5.69 Å². The number of hydrogen-bond donors (Lipinski definition) is 1. The number of rotatable bonds is 8. The monoisotopic (exact) mass is 482 g/mol. The number of aromatic amines is 1. The Kier molecular flexibility index (Phi) is 7.07. The maximum atomic E-state index is 12.8. The fraction of sp³-hybridized carbons (Fsp3) is 0.240. The summed E-state index contributed by atoms with van der Waals surface area (Å²) in [7, 11) is -2.33. The van der Waals surface area contributed by atoms with Crippen molar-refractivity contribution in [3.8, 4) is 0 Å². The predicted molar refractivity (Wildman–Crippen MR) is 128 cm³/mol. The van der Waals surface area contributed by atoms with E-state index in [4.69, 9.17) is 4.74 Å². The Balaban J connectivity index is 1.68. The smallest absolute Gasteiger partial charge is 0.338 e. The number of nitrogens with one attached hydrogen (secondary N) is 1. The van der Waals surface area contributed by atoms with E-state index >= 15 is 0 Å². The van der Waals surface area contributed by atoms with Gasteiger partial charge in [0.2, 0.25) is 5.78 Å². The number of carbonyl (C=O) groups excluding carboxylic acids is 3. The first-order valence-electron chi connectivity index (χ1n) is 10.5. The van der Waals surface area contributed by atoms with E-state index in [2.05, 4.69) is 4.98 Å². The zero-order valence-electron chi connectivity index (χ0n) is 19.6. The molecule has 0 aliphatic carbocycles. The molecule has 1 N–H and O–H groups in total. The Hall–Kier alpha value is -3.72. The molecule has 0 spiro atoms. The second-order valence-electron chi connectivity index (χ2n) is 8.01. The van der Waals surface area contributed by atoms with Crippen molar-refractivity contribution >= 4 is 33.2 Å². The molecule has 0 aliphatic heterocycles. The van der Waals surface area contributed by atoms with Crippen molar-refractivity contribution in [2.75, 3.05) is 18.0 Å². The first kappa shape index (κ1) is 24.9. The van der Waals surface area contributed by atoms with Crippen LogP contribution in [0.25, 0.3) is 0 Å². The Labute approximate surface area is 198 Å². The van der Waals surface area contributed by atoms with E-state index in [0.29, 0.717) is 22.5 Å². The van der Waals surface area contributed by atoms with Gasteiger partial charge in [-0.1, -0.05) is 17.7 Å². The van der Waals surface area contributed by atoms with Crippen molar-refractivity contribution in [2.24, 2.45) is 0 Å². The number of carbonyl (C=O) groups is 3. The topological polar surface area (TPSA) is 114 Å². The van der Waals surface area contributed by atoms with E-state index in [9.17, 15) is 22.8 Å². The molecule has 0 fully saturated rings. The van der Waals surface area contributed by atoms with Crippen molar-refractivity contribution in [1.82, 2.24) is 4.98 Å². The minimum Gasteiger partial charge on any atom is -0.454 e. The van der Waals surface area contributed by atoms with Crippen LogP contribution in [-0.2, 0) is 14.8 Å². The highest BCUT2D eigenvalue weighted by molar-refractivity contribution is 7.92. The van der Waals surface area contributed by atoms with Gasteiger partial charge in [-0.05, 0) is 69.7 Å². The minimum absolute atomic E-state index is 0.156. The summed E-state index contributed by atoms with van der Waals surface area (Å²) in [5.74, 6) is -1.34. The maximum Gasteiger partial charge on any atom is 0.338 e. The number of esters is 1. The zero-order valence-corrected chi connectivity index (χ0v) is 20.4. The lowest BCUT2D eigenvalue weighted by atomic mass is 10.1. The van der Waals surface area contributed by atoms with Crippen LogP contribution in [0.1, 0.15) is 54.9 Å². The zero-order chi connectivity index (χ0) is 25.2. The number of nitrogens with zero attached hydrogens (tertiary/aromatic N) is 1. The predicted octanol–water partition coefficient (Wildman–Crippen LogP) is 4.01. The molecule has 3 aromatic rings. The molecule has 0 aliphatic rings. The average molecular weight is 483 g/mol. The summed E-state index contributed by atoms with van der Waals surface area (Å²) in [6.07, 6.45) is 0. The standard InChI is InChI=1S/C25H26N2O6S/c1-15-6-12-21(13-7-15)34(31,32)27(5)20-10-8-19(9-11-20)25(30)33-14-22(29)24-16(2)23(18(4)28)17(3)26-24/h6-13,26H,14H2,1-5H3. The molecule has 0 radical (unpaired) electrons. The van der Waals surface area contributed by atoms with Crippen molar-refractivity contribution in [1.29, 1.82) is 0 Å². The van der Waals surface area contributed by atoms with E-state index in [0.717, 1.165) is 9.87 Å². The van der Waals surface area contributed by atoms with Gasteiger partial charge in [0.05, 0.1) is 21.8 Å². The fourth-order valence-electron chi connectivity index (χ4n) is 3.66. The Bertz CT molecular complexity index is 1350. The molecule has 0 amide bonds. The molecular weight excluding hydrogens is 456 g/mol. The van der Waals surface area contributed by atoms with Gasteiger partial charge in [0, 0.05) is 18.3 Å². The third-order valence-corrected chi connectivity index (χ3v) is 7.35. The van der Waals surface area contributed by atoms with Gasteiger partial charge in [-0.25, -0.2) is 13.2 Å². The molecule has 8 nitrogen and oxygen atoms in total. The lowest BCUT2D eigenvalue weighted by Crippen LogP contribution is -2.26. The third kappa shape index (κ3) is 4.94. The summed E-state index contributed by atoms with van der Waals surface area (Å²) in [4.78, 5) is 39.7. The fourth-order valence-corrected chi connectivity index (χ4v) is 4.85. The molecular formula is C25H26N2O6S. The molecule has 1 aromatic heterocycles. The van der Waals surface area contributed by atoms with Crippen LogP contribution in [0.15, 0.2) is 53.4 Å². The summed E-state index contributed by atoms with van der Waals surface area (Å²) in [5, 5.41) is 0. The van der Waals surface area contributed by atoms with Crippen LogP contribution < -0.4 is 4.31 Å². The second-order valence-corrected chi connectivity index (χ2v) is 9.98. The van der Waals surface area contributed by atoms with Crippen LogP contribution in [0.2, 0.25) is 0 Å². The Morgan fingerprint density at radius 2 is 1.53 bits per heavy atom. The molecule has 3 rings (SSSR count). The molecule has 34 heavy (non-hydrogen) atoms. The van der Waals surface area contributed by atoms with E-state index < -0.39 is 28.4 Å². The van der Waals surface area contributed by atoms with Gasteiger partial charge in [-0.15, -0.1) is 0 Å². The molecule has 0 unspecified atom stereocenters. The molecule has 0 saturated carbocycles. The van der Waals surface area contributed by atoms with Gasteiger partial charge in [0.1, 0.15) is 0 Å². The van der Waals surface area contributed by atoms with Crippen LogP contribution in [0.3, 0.4) is 0 Å². The van der Waals surface area contributed by atoms with E-state index in [-0.39, 0.29) is 21.9 Å². The number of sulfonamides is 1. The molecule has 1 heterocycles. The molecule has 0 saturated heterocycles. The van der Waals surface area contributed by atoms with E-state index in [1.54, 1.807) is 26.0 Å². The summed E-state index contributed by atoms with van der Waals surface area (Å²) in [6, 6.07) is 12.4. The molecule has 0 atom stereocenters. The first-order chi connectivity index (χ1) is 15.9. The number of hydrogen-bond acceptors (Lipinski definition) is 6. The summed E-state index contributed by atoms with van der Waals surface area (Å²) in [5.41, 5.74) is 3.27. The Morgan fingerprint density at radius 1 is 0.941 bits per heavy atom. The van der Waals surface area contributed by atoms with Crippen molar-refractivity contribution in [2.45, 2.75) is 32.6 Å². The van der Waals surface area contributed by atoms with Gasteiger partial charge in [0.25, 0.3) is 10.0 Å². The van der Waals surface area contributed by atoms with Gasteiger partial charge >= 0.3 is 5.97 Å². The van der Waals surface area contributed by atoms with E-state index in [1.807, 2.05) is 6.92 Å². The largest absolute Gasteiger partial charge is 0.454 e. The number of H-pyrrole nitrogens is 1. The normalized spacial score (nSPS) is 11.2. The number of aryl methyl sites for hydroxylation is 2. The van der Waals surface area contributed by atoms with Crippen molar-refractivity contribution in [3.05, 3.63) is 82.2 Å². The van der Waals surface area contributed by atoms with Crippen LogP contribution in [0.5, 0.6) is 0 Å². The lowest BCUT2D eigenvalue weighted by Gasteiger charge is -2.19. The average Bonchev–Trinajstić information content (AvgIpc) is 3.11. The third-order valence-electron chi connectivity index (χ3n) is 5.55. The van der Waals surface area contributed by atoms with Crippen LogP contribution in [0, 0.1) is 20.8 Å². The maximum absolute atomic E-state index is 12.8. The molecule has 0 bridgehead atoms. The summed E-state index contributed by atoms with van der Waals surface area (Å²) in [6.45, 7) is 6.15. The van der Waals surface area contributed by atoms with Crippen molar-refractivity contribution < 1.29 is 27.5 Å². The quantitative estimate of drug-likeness (QED) is 0.383. The Morgan fingerprint density at radius 3 is 2.06 bits per heavy atom. The van der Waals surface area contributed by atoms with Gasteiger partial charge in [-0.3, -0.25) is 13.9 Å². The SMILES string of the molecule is CC(=O)c1c(C)[nH]c(C(=O)COC(=O)c2ccc(N(C)S(=O)(=O)c3ccc(C)cc3)cc2)c1C. The number of aromatic nitrogens is 1. The van der Waals surface area contributed by atoms with Gasteiger partial charge in [-0.2, -0.15) is 0 Å².